The Morgan fingerprint density at radius 2 is 1.89 bits per heavy atom. The number of hydrogen-bond acceptors (Lipinski definition) is 4. The molecule has 142 valence electrons. The molecule has 0 unspecified atom stereocenters. The molecule has 1 amide bonds. The molecule has 2 heterocycles. The fourth-order valence-electron chi connectivity index (χ4n) is 3.68. The number of aromatic nitrogens is 2. The van der Waals surface area contributed by atoms with Gasteiger partial charge in [-0.2, -0.15) is 0 Å². The first-order valence-corrected chi connectivity index (χ1v) is 9.60. The molecule has 1 aliphatic heterocycles. The maximum absolute atomic E-state index is 13.2. The van der Waals surface area contributed by atoms with Gasteiger partial charge in [0.1, 0.15) is 0 Å². The molecular formula is C23H24N4O. The Morgan fingerprint density at radius 3 is 2.68 bits per heavy atom. The van der Waals surface area contributed by atoms with Crippen LogP contribution in [0.5, 0.6) is 0 Å². The van der Waals surface area contributed by atoms with Crippen LogP contribution in [0.15, 0.2) is 66.9 Å². The molecule has 5 heteroatoms. The fraction of sp³-hybridized carbons (Fsp3) is 0.261. The monoisotopic (exact) mass is 372 g/mol. The Hall–Kier alpha value is -3.21. The van der Waals surface area contributed by atoms with Crippen molar-refractivity contribution in [2.24, 2.45) is 0 Å². The lowest BCUT2D eigenvalue weighted by atomic mass is 10.1. The van der Waals surface area contributed by atoms with Crippen molar-refractivity contribution in [2.75, 3.05) is 25.5 Å². The van der Waals surface area contributed by atoms with Crippen LogP contribution in [0.1, 0.15) is 34.9 Å². The average Bonchev–Trinajstić information content (AvgIpc) is 3.24. The maximum Gasteiger partial charge on any atom is 0.254 e. The summed E-state index contributed by atoms with van der Waals surface area (Å²) in [7, 11) is 3.96. The molecule has 4 rings (SSSR count). The van der Waals surface area contributed by atoms with E-state index < -0.39 is 0 Å². The minimum atomic E-state index is -0.0130. The zero-order valence-electron chi connectivity index (χ0n) is 16.2. The molecule has 1 atom stereocenters. The molecule has 0 aliphatic carbocycles. The molecule has 28 heavy (non-hydrogen) atoms. The molecule has 0 saturated carbocycles. The molecule has 0 N–H and O–H groups in total. The summed E-state index contributed by atoms with van der Waals surface area (Å²) in [5, 5.41) is 0. The number of likely N-dealkylation sites (tertiary alicyclic amines) is 1. The van der Waals surface area contributed by atoms with Gasteiger partial charge in [-0.05, 0) is 37.1 Å². The van der Waals surface area contributed by atoms with Crippen molar-refractivity contribution in [3.63, 3.8) is 0 Å². The van der Waals surface area contributed by atoms with Gasteiger partial charge in [0, 0.05) is 43.7 Å². The van der Waals surface area contributed by atoms with Crippen molar-refractivity contribution in [3.8, 4) is 11.4 Å². The van der Waals surface area contributed by atoms with E-state index in [0.29, 0.717) is 5.82 Å². The van der Waals surface area contributed by atoms with Crippen LogP contribution < -0.4 is 4.90 Å². The van der Waals surface area contributed by atoms with Crippen molar-refractivity contribution in [2.45, 2.75) is 18.9 Å². The Labute approximate surface area is 165 Å². The zero-order chi connectivity index (χ0) is 19.5. The Morgan fingerprint density at radius 1 is 1.07 bits per heavy atom. The van der Waals surface area contributed by atoms with Gasteiger partial charge in [-0.15, -0.1) is 0 Å². The number of anilines is 1. The number of carbonyl (C=O) groups is 1. The lowest BCUT2D eigenvalue weighted by Gasteiger charge is -2.25. The van der Waals surface area contributed by atoms with E-state index in [1.165, 1.54) is 0 Å². The highest BCUT2D eigenvalue weighted by Gasteiger charge is 2.32. The SMILES string of the molecule is CN(C)c1cccc(C(=O)N2CCC[C@H]2c2ccnc(-c3ccccc3)n2)c1. The molecule has 1 aromatic heterocycles. The van der Waals surface area contributed by atoms with Crippen molar-refractivity contribution < 1.29 is 4.79 Å². The van der Waals surface area contributed by atoms with Gasteiger partial charge in [-0.25, -0.2) is 9.97 Å². The van der Waals surface area contributed by atoms with Gasteiger partial charge in [0.15, 0.2) is 5.82 Å². The Bertz CT molecular complexity index is 971. The largest absolute Gasteiger partial charge is 0.378 e. The molecule has 1 fully saturated rings. The second-order valence-electron chi connectivity index (χ2n) is 7.27. The third kappa shape index (κ3) is 3.60. The standard InChI is InChI=1S/C23H24N4O/c1-26(2)19-11-6-10-18(16-19)23(28)27-15-7-12-21(27)20-13-14-24-22(25-20)17-8-4-3-5-9-17/h3-6,8-11,13-14,16,21H,7,12,15H2,1-2H3/t21-/m0/s1. The molecule has 2 aromatic carbocycles. The highest BCUT2D eigenvalue weighted by atomic mass is 16.2. The van der Waals surface area contributed by atoms with Crippen LogP contribution >= 0.6 is 0 Å². The second-order valence-corrected chi connectivity index (χ2v) is 7.27. The minimum absolute atomic E-state index is 0.0130. The van der Waals surface area contributed by atoms with E-state index in [1.54, 1.807) is 6.20 Å². The van der Waals surface area contributed by atoms with Crippen LogP contribution in [0.2, 0.25) is 0 Å². The van der Waals surface area contributed by atoms with Crippen molar-refractivity contribution in [1.82, 2.24) is 14.9 Å². The molecule has 0 bridgehead atoms. The third-order valence-corrected chi connectivity index (χ3v) is 5.17. The van der Waals surface area contributed by atoms with E-state index in [4.69, 9.17) is 4.98 Å². The number of hydrogen-bond donors (Lipinski definition) is 0. The lowest BCUT2D eigenvalue weighted by Crippen LogP contribution is -2.31. The van der Waals surface area contributed by atoms with E-state index in [9.17, 15) is 4.79 Å². The molecule has 1 aliphatic rings. The summed E-state index contributed by atoms with van der Waals surface area (Å²) in [5.41, 5.74) is 3.63. The Balaban J connectivity index is 1.62. The summed E-state index contributed by atoms with van der Waals surface area (Å²) in [6, 6.07) is 19.6. The van der Waals surface area contributed by atoms with Gasteiger partial charge in [-0.1, -0.05) is 36.4 Å². The number of rotatable bonds is 4. The fourth-order valence-corrected chi connectivity index (χ4v) is 3.68. The predicted octanol–water partition coefficient (Wildman–Crippen LogP) is 4.19. The van der Waals surface area contributed by atoms with Gasteiger partial charge in [-0.3, -0.25) is 4.79 Å². The van der Waals surface area contributed by atoms with E-state index in [1.807, 2.05) is 84.6 Å². The third-order valence-electron chi connectivity index (χ3n) is 5.17. The highest BCUT2D eigenvalue weighted by Crippen LogP contribution is 2.33. The quantitative estimate of drug-likeness (QED) is 0.689. The van der Waals surface area contributed by atoms with Crippen molar-refractivity contribution in [1.29, 1.82) is 0 Å². The summed E-state index contributed by atoms with van der Waals surface area (Å²) in [5.74, 6) is 0.762. The molecule has 1 saturated heterocycles. The maximum atomic E-state index is 13.2. The van der Waals surface area contributed by atoms with E-state index in [-0.39, 0.29) is 11.9 Å². The highest BCUT2D eigenvalue weighted by molar-refractivity contribution is 5.95. The first-order chi connectivity index (χ1) is 13.6. The van der Waals surface area contributed by atoms with Crippen LogP contribution in [0.3, 0.4) is 0 Å². The van der Waals surface area contributed by atoms with Crippen molar-refractivity contribution >= 4 is 11.6 Å². The van der Waals surface area contributed by atoms with Crippen LogP contribution in [0.25, 0.3) is 11.4 Å². The van der Waals surface area contributed by atoms with Gasteiger partial charge >= 0.3 is 0 Å². The zero-order valence-corrected chi connectivity index (χ0v) is 16.2. The van der Waals surface area contributed by atoms with Gasteiger partial charge < -0.3 is 9.80 Å². The van der Waals surface area contributed by atoms with Crippen LogP contribution in [0.4, 0.5) is 5.69 Å². The van der Waals surface area contributed by atoms with Crippen LogP contribution in [0, 0.1) is 0 Å². The Kier molecular flexibility index (Phi) is 5.06. The summed E-state index contributed by atoms with van der Waals surface area (Å²) in [6.07, 6.45) is 3.69. The number of amides is 1. The normalized spacial score (nSPS) is 16.2. The molecular weight excluding hydrogens is 348 g/mol. The molecule has 0 radical (unpaired) electrons. The smallest absolute Gasteiger partial charge is 0.254 e. The predicted molar refractivity (Wildman–Crippen MR) is 111 cm³/mol. The summed E-state index contributed by atoms with van der Waals surface area (Å²) in [4.78, 5) is 26.4. The number of nitrogens with zero attached hydrogens (tertiary/aromatic N) is 4. The first kappa shape index (κ1) is 18.2. The topological polar surface area (TPSA) is 49.3 Å². The van der Waals surface area contributed by atoms with Gasteiger partial charge in [0.25, 0.3) is 5.91 Å². The van der Waals surface area contributed by atoms with Gasteiger partial charge in [0.05, 0.1) is 11.7 Å². The average molecular weight is 372 g/mol. The minimum Gasteiger partial charge on any atom is -0.378 e. The van der Waals surface area contributed by atoms with Gasteiger partial charge in [0.2, 0.25) is 0 Å². The number of benzene rings is 2. The van der Waals surface area contributed by atoms with Crippen LogP contribution in [-0.4, -0.2) is 41.4 Å². The summed E-state index contributed by atoms with van der Waals surface area (Å²) < 4.78 is 0. The summed E-state index contributed by atoms with van der Waals surface area (Å²) in [6.45, 7) is 0.750. The van der Waals surface area contributed by atoms with Crippen LogP contribution in [-0.2, 0) is 0 Å². The molecule has 3 aromatic rings. The summed E-state index contributed by atoms with van der Waals surface area (Å²) >= 11 is 0. The lowest BCUT2D eigenvalue weighted by molar-refractivity contribution is 0.0733. The van der Waals surface area contributed by atoms with E-state index in [2.05, 4.69) is 4.98 Å². The van der Waals surface area contributed by atoms with E-state index >= 15 is 0 Å². The van der Waals surface area contributed by atoms with Crippen molar-refractivity contribution in [3.05, 3.63) is 78.1 Å². The molecule has 5 nitrogen and oxygen atoms in total. The molecule has 0 spiro atoms. The number of carbonyl (C=O) groups excluding carboxylic acids is 1. The first-order valence-electron chi connectivity index (χ1n) is 9.60. The van der Waals surface area contributed by atoms with E-state index in [0.717, 1.165) is 41.9 Å². The second kappa shape index (κ2) is 7.80.